The topological polar surface area (TPSA) is 136 Å². The van der Waals surface area contributed by atoms with Gasteiger partial charge in [0.15, 0.2) is 11.5 Å². The molecule has 1 amide bonds. The normalized spacial score (nSPS) is 15.0. The second-order valence-electron chi connectivity index (χ2n) is 11.5. The molecule has 2 aromatic carbocycles. The highest BCUT2D eigenvalue weighted by atomic mass is 32.1. The molecule has 50 heavy (non-hydrogen) atoms. The van der Waals surface area contributed by atoms with E-state index in [0.29, 0.717) is 64.1 Å². The number of ether oxygens (including phenoxy) is 6. The fraction of sp³-hybridized carbons (Fsp3) is 0.278. The van der Waals surface area contributed by atoms with Crippen LogP contribution in [0.4, 0.5) is 0 Å². The Hall–Kier alpha value is -5.60. The highest BCUT2D eigenvalue weighted by Crippen LogP contribution is 2.52. The number of thiophene rings is 1. The minimum absolute atomic E-state index is 0.00381. The van der Waals surface area contributed by atoms with E-state index in [0.717, 1.165) is 38.5 Å². The van der Waals surface area contributed by atoms with Crippen LogP contribution in [0.3, 0.4) is 0 Å². The van der Waals surface area contributed by atoms with E-state index in [2.05, 4.69) is 15.7 Å². The van der Waals surface area contributed by atoms with Gasteiger partial charge in [0.05, 0.1) is 45.5 Å². The van der Waals surface area contributed by atoms with Crippen LogP contribution < -0.4 is 29.1 Å². The molecule has 0 spiro atoms. The molecule has 258 valence electrons. The predicted octanol–water partition coefficient (Wildman–Crippen LogP) is 5.80. The quantitative estimate of drug-likeness (QED) is 0.127. The number of hydrogen-bond donors (Lipinski definition) is 1. The Balaban J connectivity index is 1.21. The third-order valence-electron chi connectivity index (χ3n) is 8.44. The van der Waals surface area contributed by atoms with E-state index in [1.165, 1.54) is 24.7 Å². The van der Waals surface area contributed by atoms with Crippen molar-refractivity contribution < 1.29 is 38.1 Å². The number of hydrazone groups is 1. The van der Waals surface area contributed by atoms with Crippen molar-refractivity contribution in [2.75, 3.05) is 35.2 Å². The molecule has 1 unspecified atom stereocenters. The van der Waals surface area contributed by atoms with Gasteiger partial charge in [-0.05, 0) is 60.5 Å². The van der Waals surface area contributed by atoms with Gasteiger partial charge in [-0.3, -0.25) is 4.79 Å². The number of nitrogens with zero attached hydrogens (tertiary/aromatic N) is 4. The summed E-state index contributed by atoms with van der Waals surface area (Å²) < 4.78 is 36.0. The first kappa shape index (κ1) is 32.9. The summed E-state index contributed by atoms with van der Waals surface area (Å²) >= 11 is 1.29. The SMILES string of the molecule is COCc1cc(C)nc2sc(C(=O)N/N=C/c3c(CC4CC(c5ccc(OC)cc5)=NO4)c(OC)c4c(c3OC)OCO4)c(-n3cccc3)c12. The maximum absolute atomic E-state index is 13.9. The number of amides is 1. The monoisotopic (exact) mass is 697 g/mol. The summed E-state index contributed by atoms with van der Waals surface area (Å²) in [5.41, 5.74) is 8.19. The minimum atomic E-state index is -0.404. The van der Waals surface area contributed by atoms with Crippen molar-refractivity contribution in [3.8, 4) is 34.4 Å². The van der Waals surface area contributed by atoms with Crippen molar-refractivity contribution in [1.82, 2.24) is 15.0 Å². The lowest BCUT2D eigenvalue weighted by molar-refractivity contribution is 0.0853. The van der Waals surface area contributed by atoms with Crippen molar-refractivity contribution in [1.29, 1.82) is 0 Å². The van der Waals surface area contributed by atoms with Crippen LogP contribution in [0.5, 0.6) is 28.7 Å². The number of methoxy groups -OCH3 is 4. The number of rotatable bonds is 12. The Morgan fingerprint density at radius 1 is 1.06 bits per heavy atom. The molecule has 0 aliphatic carbocycles. The first-order chi connectivity index (χ1) is 24.4. The van der Waals surface area contributed by atoms with Crippen molar-refractivity contribution in [3.05, 3.63) is 87.7 Å². The Kier molecular flexibility index (Phi) is 9.28. The molecule has 0 saturated carbocycles. The molecule has 13 nitrogen and oxygen atoms in total. The molecule has 0 bridgehead atoms. The third-order valence-corrected chi connectivity index (χ3v) is 9.51. The number of fused-ring (bicyclic) bond motifs is 2. The standard InChI is InChI=1S/C36H35N5O8S/c1-20-14-22(18-43-2)28-29(41-12-6-7-13-41)34(50-36(28)38-20)35(42)39-37-17-26-25(30(45-4)32-33(31(26)46-5)48-19-47-32)15-24-16-27(40-49-24)21-8-10-23(44-3)11-9-21/h6-14,17,24H,15-16,18-19H2,1-5H3,(H,39,42)/b37-17+. The molecule has 5 heterocycles. The van der Waals surface area contributed by atoms with Crippen LogP contribution in [-0.4, -0.2) is 68.7 Å². The van der Waals surface area contributed by atoms with Crippen molar-refractivity contribution >= 4 is 39.4 Å². The second-order valence-corrected chi connectivity index (χ2v) is 12.5. The Bertz CT molecular complexity index is 2110. The maximum Gasteiger partial charge on any atom is 0.283 e. The van der Waals surface area contributed by atoms with E-state index in [4.69, 9.17) is 38.2 Å². The molecule has 2 aliphatic rings. The van der Waals surface area contributed by atoms with E-state index in [1.807, 2.05) is 66.3 Å². The molecule has 1 atom stereocenters. The van der Waals surface area contributed by atoms with Crippen LogP contribution in [0.1, 0.15) is 44.0 Å². The van der Waals surface area contributed by atoms with E-state index < -0.39 is 5.91 Å². The molecule has 3 aromatic heterocycles. The summed E-state index contributed by atoms with van der Waals surface area (Å²) in [6.45, 7) is 2.29. The van der Waals surface area contributed by atoms with Gasteiger partial charge < -0.3 is 37.8 Å². The van der Waals surface area contributed by atoms with Gasteiger partial charge in [0, 0.05) is 54.6 Å². The molecule has 5 aromatic rings. The van der Waals surface area contributed by atoms with E-state index >= 15 is 0 Å². The summed E-state index contributed by atoms with van der Waals surface area (Å²) in [4.78, 5) is 25.7. The highest BCUT2D eigenvalue weighted by Gasteiger charge is 2.34. The number of oxime groups is 1. The zero-order chi connectivity index (χ0) is 34.8. The Morgan fingerprint density at radius 2 is 1.80 bits per heavy atom. The second kappa shape index (κ2) is 14.1. The van der Waals surface area contributed by atoms with Crippen LogP contribution in [0.15, 0.2) is 65.1 Å². The smallest absolute Gasteiger partial charge is 0.283 e. The number of aryl methyl sites for hydroxylation is 1. The highest BCUT2D eigenvalue weighted by molar-refractivity contribution is 7.21. The molecule has 0 radical (unpaired) electrons. The zero-order valence-corrected chi connectivity index (χ0v) is 29.0. The lowest BCUT2D eigenvalue weighted by Crippen LogP contribution is -2.19. The van der Waals surface area contributed by atoms with E-state index in [-0.39, 0.29) is 12.9 Å². The Morgan fingerprint density at radius 3 is 2.50 bits per heavy atom. The predicted molar refractivity (Wildman–Crippen MR) is 188 cm³/mol. The lowest BCUT2D eigenvalue weighted by Gasteiger charge is -2.19. The number of aromatic nitrogens is 2. The molecular formula is C36H35N5O8S. The number of hydrogen-bond acceptors (Lipinski definition) is 12. The van der Waals surface area contributed by atoms with Gasteiger partial charge in [-0.25, -0.2) is 10.4 Å². The molecule has 1 N–H and O–H groups in total. The van der Waals surface area contributed by atoms with Crippen LogP contribution in [-0.2, 0) is 22.6 Å². The largest absolute Gasteiger partial charge is 0.497 e. The van der Waals surface area contributed by atoms with Gasteiger partial charge in [0.25, 0.3) is 5.91 Å². The number of pyridine rings is 1. The zero-order valence-electron chi connectivity index (χ0n) is 28.1. The average molecular weight is 698 g/mol. The summed E-state index contributed by atoms with van der Waals surface area (Å²) in [5.74, 6) is 2.01. The van der Waals surface area contributed by atoms with Gasteiger partial charge in [0.1, 0.15) is 21.6 Å². The molecule has 7 rings (SSSR count). The maximum atomic E-state index is 13.9. The van der Waals surface area contributed by atoms with E-state index in [9.17, 15) is 4.79 Å². The molecular weight excluding hydrogens is 662 g/mol. The molecule has 2 aliphatic heterocycles. The Labute approximate surface area is 292 Å². The minimum Gasteiger partial charge on any atom is -0.497 e. The van der Waals surface area contributed by atoms with Gasteiger partial charge >= 0.3 is 0 Å². The van der Waals surface area contributed by atoms with Gasteiger partial charge in [-0.2, -0.15) is 5.10 Å². The number of carbonyl (C=O) groups excluding carboxylic acids is 1. The molecule has 0 saturated heterocycles. The molecule has 0 fully saturated rings. The number of carbonyl (C=O) groups is 1. The van der Waals surface area contributed by atoms with Crippen LogP contribution >= 0.6 is 11.3 Å². The van der Waals surface area contributed by atoms with Gasteiger partial charge in [-0.15, -0.1) is 11.3 Å². The van der Waals surface area contributed by atoms with E-state index in [1.54, 1.807) is 21.3 Å². The fourth-order valence-corrected chi connectivity index (χ4v) is 7.42. The van der Waals surface area contributed by atoms with Crippen LogP contribution in [0.2, 0.25) is 0 Å². The summed E-state index contributed by atoms with van der Waals surface area (Å²) in [6, 6.07) is 13.4. The third kappa shape index (κ3) is 6.07. The lowest BCUT2D eigenvalue weighted by atomic mass is 9.95. The summed E-state index contributed by atoms with van der Waals surface area (Å²) in [5, 5.41) is 9.65. The number of nitrogens with one attached hydrogen (secondary N) is 1. The van der Waals surface area contributed by atoms with Crippen molar-refractivity contribution in [2.24, 2.45) is 10.3 Å². The summed E-state index contributed by atoms with van der Waals surface area (Å²) in [7, 11) is 6.37. The van der Waals surface area contributed by atoms with Gasteiger partial charge in [0.2, 0.25) is 18.3 Å². The molecule has 14 heteroatoms. The van der Waals surface area contributed by atoms with Crippen LogP contribution in [0, 0.1) is 6.92 Å². The fourth-order valence-electron chi connectivity index (χ4n) is 6.27. The van der Waals surface area contributed by atoms with Crippen molar-refractivity contribution in [3.63, 3.8) is 0 Å². The average Bonchev–Trinajstić information content (AvgIpc) is 3.95. The van der Waals surface area contributed by atoms with Gasteiger partial charge in [-0.1, -0.05) is 5.16 Å². The first-order valence-electron chi connectivity index (χ1n) is 15.8. The van der Waals surface area contributed by atoms with Crippen molar-refractivity contribution in [2.45, 2.75) is 32.5 Å². The van der Waals surface area contributed by atoms with Crippen LogP contribution in [0.25, 0.3) is 15.9 Å². The summed E-state index contributed by atoms with van der Waals surface area (Å²) in [6.07, 6.45) is 5.90. The first-order valence-corrected chi connectivity index (χ1v) is 16.6. The number of benzene rings is 2.